The van der Waals surface area contributed by atoms with E-state index in [1.807, 2.05) is 67.6 Å². The summed E-state index contributed by atoms with van der Waals surface area (Å²) in [4.78, 5) is 38.2. The molecule has 5 heteroatoms. The summed E-state index contributed by atoms with van der Waals surface area (Å²) in [5.41, 5.74) is 2.38. The zero-order chi connectivity index (χ0) is 20.8. The van der Waals surface area contributed by atoms with Crippen molar-refractivity contribution in [1.82, 2.24) is 4.90 Å². The number of carbonyl (C=O) groups excluding carboxylic acids is 3. The van der Waals surface area contributed by atoms with Gasteiger partial charge in [0.1, 0.15) is 0 Å². The van der Waals surface area contributed by atoms with E-state index in [0.29, 0.717) is 11.3 Å². The maximum absolute atomic E-state index is 12.5. The lowest BCUT2D eigenvalue weighted by molar-refractivity contribution is -0.133. The molecule has 0 aliphatic heterocycles. The van der Waals surface area contributed by atoms with Crippen molar-refractivity contribution in [2.45, 2.75) is 19.8 Å². The Kier molecular flexibility index (Phi) is 6.39. The molecule has 2 amide bonds. The molecule has 148 valence electrons. The number of nitrogens with zero attached hydrogens (tertiary/aromatic N) is 1. The number of hydrogen-bond acceptors (Lipinski definition) is 3. The van der Waals surface area contributed by atoms with E-state index in [9.17, 15) is 14.4 Å². The van der Waals surface area contributed by atoms with Crippen LogP contribution >= 0.6 is 0 Å². The van der Waals surface area contributed by atoms with Crippen molar-refractivity contribution < 1.29 is 14.4 Å². The lowest BCUT2D eigenvalue weighted by atomic mass is 10.0. The number of Topliss-reactive ketones (excluding diaryl/α,β-unsaturated/α-hetero) is 1. The summed E-state index contributed by atoms with van der Waals surface area (Å²) in [5.74, 6) is -0.592. The van der Waals surface area contributed by atoms with Gasteiger partial charge in [0.25, 0.3) is 0 Å². The molecule has 3 aromatic carbocycles. The number of hydrogen-bond donors (Lipinski definition) is 1. The molecule has 0 aromatic heterocycles. The molecule has 5 nitrogen and oxygen atoms in total. The second kappa shape index (κ2) is 9.15. The molecule has 0 aliphatic carbocycles. The van der Waals surface area contributed by atoms with Gasteiger partial charge in [-0.05, 0) is 35.9 Å². The summed E-state index contributed by atoms with van der Waals surface area (Å²) in [5, 5.41) is 4.83. The molecule has 29 heavy (non-hydrogen) atoms. The third-order valence-electron chi connectivity index (χ3n) is 4.78. The summed E-state index contributed by atoms with van der Waals surface area (Å²) in [6.45, 7) is 1.91. The minimum Gasteiger partial charge on any atom is -0.336 e. The van der Waals surface area contributed by atoms with Crippen molar-refractivity contribution in [1.29, 1.82) is 0 Å². The van der Waals surface area contributed by atoms with Gasteiger partial charge in [0.2, 0.25) is 11.8 Å². The molecule has 0 radical (unpaired) electrons. The van der Waals surface area contributed by atoms with Crippen LogP contribution in [-0.4, -0.2) is 36.1 Å². The quantitative estimate of drug-likeness (QED) is 0.617. The maximum atomic E-state index is 12.5. The van der Waals surface area contributed by atoms with Gasteiger partial charge in [-0.3, -0.25) is 14.4 Å². The Bertz CT molecular complexity index is 1040. The lowest BCUT2D eigenvalue weighted by Crippen LogP contribution is -2.35. The minimum atomic E-state index is -0.273. The predicted molar refractivity (Wildman–Crippen MR) is 115 cm³/mol. The number of rotatable bonds is 7. The van der Waals surface area contributed by atoms with Crippen LogP contribution in [0.3, 0.4) is 0 Å². The number of amides is 2. The van der Waals surface area contributed by atoms with Gasteiger partial charge in [-0.2, -0.15) is 0 Å². The Morgan fingerprint density at radius 3 is 2.28 bits per heavy atom. The first kappa shape index (κ1) is 20.3. The summed E-state index contributed by atoms with van der Waals surface area (Å²) >= 11 is 0. The van der Waals surface area contributed by atoms with E-state index in [-0.39, 0.29) is 37.0 Å². The fourth-order valence-corrected chi connectivity index (χ4v) is 3.06. The molecule has 0 unspecified atom stereocenters. The molecule has 0 spiro atoms. The van der Waals surface area contributed by atoms with Crippen molar-refractivity contribution in [2.75, 3.05) is 18.9 Å². The smallest absolute Gasteiger partial charge is 0.243 e. The van der Waals surface area contributed by atoms with Crippen LogP contribution in [0.1, 0.15) is 28.8 Å². The van der Waals surface area contributed by atoms with Crippen LogP contribution in [0, 0.1) is 6.92 Å². The third-order valence-corrected chi connectivity index (χ3v) is 4.78. The highest BCUT2D eigenvalue weighted by Gasteiger charge is 2.15. The normalized spacial score (nSPS) is 10.6. The highest BCUT2D eigenvalue weighted by atomic mass is 16.2. The first-order valence-corrected chi connectivity index (χ1v) is 9.55. The van der Waals surface area contributed by atoms with E-state index in [1.165, 1.54) is 4.90 Å². The van der Waals surface area contributed by atoms with Crippen LogP contribution < -0.4 is 5.32 Å². The zero-order valence-electron chi connectivity index (χ0n) is 16.6. The molecule has 0 aliphatic rings. The lowest BCUT2D eigenvalue weighted by Gasteiger charge is -2.16. The first-order valence-electron chi connectivity index (χ1n) is 9.55. The minimum absolute atomic E-state index is 0.0587. The Morgan fingerprint density at radius 2 is 1.55 bits per heavy atom. The average Bonchev–Trinajstić information content (AvgIpc) is 2.72. The van der Waals surface area contributed by atoms with Gasteiger partial charge in [0.05, 0.1) is 6.54 Å². The molecular formula is C24H24N2O3. The Morgan fingerprint density at radius 1 is 0.862 bits per heavy atom. The molecule has 0 fully saturated rings. The Balaban J connectivity index is 1.50. The standard InChI is InChI=1S/C24H24N2O3/c1-17-7-11-21(12-8-17)25-23(28)16-26(2)24(29)14-13-22(27)20-10-9-18-5-3-4-6-19(18)15-20/h3-12,15H,13-14,16H2,1-2H3,(H,25,28). The third kappa shape index (κ3) is 5.51. The Labute approximate surface area is 170 Å². The number of carbonyl (C=O) groups is 3. The SMILES string of the molecule is Cc1ccc(NC(=O)CN(C)C(=O)CCC(=O)c2ccc3ccccc3c2)cc1. The number of likely N-dealkylation sites (N-methyl/N-ethyl adjacent to an activating group) is 1. The van der Waals surface area contributed by atoms with Crippen molar-refractivity contribution in [3.8, 4) is 0 Å². The van der Waals surface area contributed by atoms with Crippen LogP contribution in [0.4, 0.5) is 5.69 Å². The zero-order valence-corrected chi connectivity index (χ0v) is 16.6. The summed E-state index contributed by atoms with van der Waals surface area (Å²) in [6.07, 6.45) is 0.182. The highest BCUT2D eigenvalue weighted by molar-refractivity contribution is 6.01. The van der Waals surface area contributed by atoms with E-state index >= 15 is 0 Å². The monoisotopic (exact) mass is 388 g/mol. The second-order valence-corrected chi connectivity index (χ2v) is 7.15. The Hall–Kier alpha value is -3.47. The fraction of sp³-hybridized carbons (Fsp3) is 0.208. The van der Waals surface area contributed by atoms with E-state index in [4.69, 9.17) is 0 Å². The molecule has 0 heterocycles. The number of benzene rings is 3. The van der Waals surface area contributed by atoms with Crippen molar-refractivity contribution in [3.63, 3.8) is 0 Å². The molecule has 0 saturated heterocycles. The van der Waals surface area contributed by atoms with Gasteiger partial charge in [0.15, 0.2) is 5.78 Å². The van der Waals surface area contributed by atoms with Crippen LogP contribution in [0.5, 0.6) is 0 Å². The van der Waals surface area contributed by atoms with Crippen LogP contribution in [0.25, 0.3) is 10.8 Å². The summed E-state index contributed by atoms with van der Waals surface area (Å²) in [6, 6.07) is 20.8. The molecule has 3 rings (SSSR count). The molecule has 0 bridgehead atoms. The summed E-state index contributed by atoms with van der Waals surface area (Å²) < 4.78 is 0. The summed E-state index contributed by atoms with van der Waals surface area (Å²) in [7, 11) is 1.57. The van der Waals surface area contributed by atoms with Gasteiger partial charge in [0, 0.05) is 31.1 Å². The van der Waals surface area contributed by atoms with Gasteiger partial charge >= 0.3 is 0 Å². The van der Waals surface area contributed by atoms with Gasteiger partial charge in [-0.25, -0.2) is 0 Å². The highest BCUT2D eigenvalue weighted by Crippen LogP contribution is 2.17. The average molecular weight is 388 g/mol. The maximum Gasteiger partial charge on any atom is 0.243 e. The van der Waals surface area contributed by atoms with Gasteiger partial charge in [-0.1, -0.05) is 54.1 Å². The van der Waals surface area contributed by atoms with Crippen molar-refractivity contribution in [2.24, 2.45) is 0 Å². The van der Waals surface area contributed by atoms with E-state index < -0.39 is 0 Å². The largest absolute Gasteiger partial charge is 0.336 e. The van der Waals surface area contributed by atoms with Gasteiger partial charge < -0.3 is 10.2 Å². The van der Waals surface area contributed by atoms with Crippen LogP contribution in [0.2, 0.25) is 0 Å². The van der Waals surface area contributed by atoms with E-state index in [2.05, 4.69) is 5.32 Å². The number of ketones is 1. The van der Waals surface area contributed by atoms with Crippen LogP contribution in [-0.2, 0) is 9.59 Å². The van der Waals surface area contributed by atoms with Gasteiger partial charge in [-0.15, -0.1) is 0 Å². The number of nitrogens with one attached hydrogen (secondary N) is 1. The predicted octanol–water partition coefficient (Wildman–Crippen LogP) is 4.21. The van der Waals surface area contributed by atoms with Crippen LogP contribution in [0.15, 0.2) is 66.7 Å². The topological polar surface area (TPSA) is 66.5 Å². The molecule has 0 saturated carbocycles. The number of fused-ring (bicyclic) bond motifs is 1. The molecular weight excluding hydrogens is 364 g/mol. The molecule has 3 aromatic rings. The molecule has 1 N–H and O–H groups in total. The van der Waals surface area contributed by atoms with E-state index in [1.54, 1.807) is 13.1 Å². The van der Waals surface area contributed by atoms with Crippen molar-refractivity contribution in [3.05, 3.63) is 77.9 Å². The molecule has 0 atom stereocenters. The number of anilines is 1. The fourth-order valence-electron chi connectivity index (χ4n) is 3.06. The van der Waals surface area contributed by atoms with E-state index in [0.717, 1.165) is 16.3 Å². The van der Waals surface area contributed by atoms with Crippen molar-refractivity contribution >= 4 is 34.1 Å². The first-order chi connectivity index (χ1) is 13.9. The second-order valence-electron chi connectivity index (χ2n) is 7.15. The number of aryl methyl sites for hydroxylation is 1.